The van der Waals surface area contributed by atoms with Crippen molar-refractivity contribution in [2.24, 2.45) is 5.10 Å². The van der Waals surface area contributed by atoms with E-state index in [1.165, 1.54) is 11.8 Å². The first-order valence-corrected chi connectivity index (χ1v) is 11.9. The molecule has 34 heavy (non-hydrogen) atoms. The van der Waals surface area contributed by atoms with Crippen molar-refractivity contribution in [3.05, 3.63) is 89.4 Å². The van der Waals surface area contributed by atoms with Gasteiger partial charge in [-0.25, -0.2) is 5.43 Å². The molecule has 0 unspecified atom stereocenters. The SMILES string of the molecule is CN(C)c1ccc(C=NNC(=O)CSc2nnc(-c3ccc(Cl)cc3)n2-c2ccccc2)cc1. The van der Waals surface area contributed by atoms with Gasteiger partial charge in [-0.2, -0.15) is 5.10 Å². The van der Waals surface area contributed by atoms with Gasteiger partial charge in [0.25, 0.3) is 5.91 Å². The molecule has 0 radical (unpaired) electrons. The molecule has 0 aliphatic rings. The summed E-state index contributed by atoms with van der Waals surface area (Å²) in [7, 11) is 3.97. The van der Waals surface area contributed by atoms with Crippen molar-refractivity contribution >= 4 is 41.2 Å². The molecule has 0 aliphatic heterocycles. The Balaban J connectivity index is 1.45. The van der Waals surface area contributed by atoms with Gasteiger partial charge < -0.3 is 4.90 Å². The molecule has 0 fully saturated rings. The van der Waals surface area contributed by atoms with Crippen LogP contribution < -0.4 is 10.3 Å². The maximum absolute atomic E-state index is 12.4. The second-order valence-corrected chi connectivity index (χ2v) is 8.93. The van der Waals surface area contributed by atoms with E-state index >= 15 is 0 Å². The van der Waals surface area contributed by atoms with Gasteiger partial charge in [0.15, 0.2) is 11.0 Å². The Hall–Kier alpha value is -3.62. The van der Waals surface area contributed by atoms with E-state index < -0.39 is 0 Å². The molecule has 7 nitrogen and oxygen atoms in total. The number of carbonyl (C=O) groups is 1. The van der Waals surface area contributed by atoms with Crippen molar-refractivity contribution in [2.45, 2.75) is 5.16 Å². The first kappa shape index (κ1) is 23.5. The number of carbonyl (C=O) groups excluding carboxylic acids is 1. The van der Waals surface area contributed by atoms with Crippen LogP contribution in [0.15, 0.2) is 89.1 Å². The fraction of sp³-hybridized carbons (Fsp3) is 0.120. The molecule has 0 bridgehead atoms. The molecule has 1 N–H and O–H groups in total. The Morgan fingerprint density at radius 2 is 1.74 bits per heavy atom. The molecular weight excluding hydrogens is 468 g/mol. The van der Waals surface area contributed by atoms with E-state index in [1.807, 2.05) is 102 Å². The Morgan fingerprint density at radius 3 is 2.41 bits per heavy atom. The summed E-state index contributed by atoms with van der Waals surface area (Å²) in [5.41, 5.74) is 6.34. The highest BCUT2D eigenvalue weighted by molar-refractivity contribution is 7.99. The van der Waals surface area contributed by atoms with Gasteiger partial charge >= 0.3 is 0 Å². The van der Waals surface area contributed by atoms with Crippen LogP contribution in [0.5, 0.6) is 0 Å². The van der Waals surface area contributed by atoms with Gasteiger partial charge in [-0.1, -0.05) is 53.7 Å². The number of hydrazone groups is 1. The summed E-state index contributed by atoms with van der Waals surface area (Å²) < 4.78 is 1.93. The maximum Gasteiger partial charge on any atom is 0.250 e. The lowest BCUT2D eigenvalue weighted by atomic mass is 10.2. The number of hydrogen-bond donors (Lipinski definition) is 1. The summed E-state index contributed by atoms with van der Waals surface area (Å²) in [5, 5.41) is 14.0. The minimum absolute atomic E-state index is 0.141. The van der Waals surface area contributed by atoms with E-state index in [2.05, 4.69) is 20.7 Å². The maximum atomic E-state index is 12.4. The number of rotatable bonds is 8. The lowest BCUT2D eigenvalue weighted by Gasteiger charge is -2.11. The summed E-state index contributed by atoms with van der Waals surface area (Å²) in [4.78, 5) is 14.4. The third-order valence-electron chi connectivity index (χ3n) is 4.89. The highest BCUT2D eigenvalue weighted by Crippen LogP contribution is 2.28. The number of amides is 1. The molecule has 0 spiro atoms. The zero-order valence-corrected chi connectivity index (χ0v) is 20.3. The molecule has 0 saturated heterocycles. The van der Waals surface area contributed by atoms with Gasteiger partial charge in [-0.15, -0.1) is 10.2 Å². The molecule has 3 aromatic carbocycles. The van der Waals surface area contributed by atoms with Crippen molar-refractivity contribution in [1.29, 1.82) is 0 Å². The highest BCUT2D eigenvalue weighted by atomic mass is 35.5. The molecule has 1 aromatic heterocycles. The van der Waals surface area contributed by atoms with Crippen LogP contribution in [0.3, 0.4) is 0 Å². The predicted octanol–water partition coefficient (Wildman–Crippen LogP) is 4.90. The van der Waals surface area contributed by atoms with Gasteiger partial charge in [0, 0.05) is 36.1 Å². The molecule has 4 rings (SSSR count). The normalized spacial score (nSPS) is 11.0. The van der Waals surface area contributed by atoms with Crippen molar-refractivity contribution in [3.8, 4) is 17.1 Å². The summed E-state index contributed by atoms with van der Waals surface area (Å²) >= 11 is 7.33. The zero-order valence-electron chi connectivity index (χ0n) is 18.7. The fourth-order valence-electron chi connectivity index (χ4n) is 3.16. The number of para-hydroxylation sites is 1. The Morgan fingerprint density at radius 1 is 1.03 bits per heavy atom. The predicted molar refractivity (Wildman–Crippen MR) is 139 cm³/mol. The van der Waals surface area contributed by atoms with Gasteiger partial charge in [-0.3, -0.25) is 9.36 Å². The van der Waals surface area contributed by atoms with Crippen LogP contribution in [-0.2, 0) is 4.79 Å². The number of benzene rings is 3. The van der Waals surface area contributed by atoms with Gasteiger partial charge in [-0.05, 0) is 54.1 Å². The number of nitrogens with one attached hydrogen (secondary N) is 1. The van der Waals surface area contributed by atoms with E-state index in [-0.39, 0.29) is 11.7 Å². The molecule has 4 aromatic rings. The number of aromatic nitrogens is 3. The lowest BCUT2D eigenvalue weighted by Crippen LogP contribution is -2.20. The molecule has 1 amide bonds. The van der Waals surface area contributed by atoms with Crippen LogP contribution in [0.4, 0.5) is 5.69 Å². The third-order valence-corrected chi connectivity index (χ3v) is 6.08. The quantitative estimate of drug-likeness (QED) is 0.216. The molecule has 0 saturated carbocycles. The topological polar surface area (TPSA) is 75.4 Å². The minimum Gasteiger partial charge on any atom is -0.378 e. The van der Waals surface area contributed by atoms with Gasteiger partial charge in [0.1, 0.15) is 0 Å². The molecular formula is C25H23ClN6OS. The van der Waals surface area contributed by atoms with E-state index in [1.54, 1.807) is 6.21 Å². The summed E-state index contributed by atoms with van der Waals surface area (Å²) in [6.07, 6.45) is 1.62. The summed E-state index contributed by atoms with van der Waals surface area (Å²) in [6.45, 7) is 0. The minimum atomic E-state index is -0.234. The standard InChI is InChI=1S/C25H23ClN6OS/c1-31(2)21-14-8-18(9-15-21)16-27-28-23(33)17-34-25-30-29-24(19-10-12-20(26)13-11-19)32(25)22-6-4-3-5-7-22/h3-16H,17H2,1-2H3,(H,28,33). The Kier molecular flexibility index (Phi) is 7.61. The van der Waals surface area contributed by atoms with Crippen LogP contribution in [0, 0.1) is 0 Å². The first-order chi connectivity index (χ1) is 16.5. The third kappa shape index (κ3) is 5.84. The first-order valence-electron chi connectivity index (χ1n) is 10.5. The van der Waals surface area contributed by atoms with Gasteiger partial charge in [0.05, 0.1) is 12.0 Å². The molecule has 0 aliphatic carbocycles. The lowest BCUT2D eigenvalue weighted by molar-refractivity contribution is -0.118. The zero-order chi connectivity index (χ0) is 23.9. The van der Waals surface area contributed by atoms with E-state index in [9.17, 15) is 4.79 Å². The van der Waals surface area contributed by atoms with E-state index in [0.29, 0.717) is 16.0 Å². The van der Waals surface area contributed by atoms with Crippen molar-refractivity contribution in [1.82, 2.24) is 20.2 Å². The van der Waals surface area contributed by atoms with Crippen LogP contribution >= 0.6 is 23.4 Å². The number of hydrogen-bond acceptors (Lipinski definition) is 6. The van der Waals surface area contributed by atoms with Crippen LogP contribution in [0.1, 0.15) is 5.56 Å². The fourth-order valence-corrected chi connectivity index (χ4v) is 4.03. The Labute approximate surface area is 207 Å². The van der Waals surface area contributed by atoms with Crippen molar-refractivity contribution < 1.29 is 4.79 Å². The monoisotopic (exact) mass is 490 g/mol. The number of nitrogens with zero attached hydrogens (tertiary/aromatic N) is 5. The number of thioether (sulfide) groups is 1. The van der Waals surface area contributed by atoms with E-state index in [0.717, 1.165) is 22.5 Å². The number of halogens is 1. The summed E-state index contributed by atoms with van der Waals surface area (Å²) in [6, 6.07) is 25.1. The summed E-state index contributed by atoms with van der Waals surface area (Å²) in [5.74, 6) is 0.578. The van der Waals surface area contributed by atoms with Gasteiger partial charge in [0.2, 0.25) is 0 Å². The molecule has 9 heteroatoms. The average molecular weight is 491 g/mol. The van der Waals surface area contributed by atoms with Crippen LogP contribution in [0.25, 0.3) is 17.1 Å². The molecule has 0 atom stereocenters. The number of anilines is 1. The molecule has 1 heterocycles. The van der Waals surface area contributed by atoms with Crippen LogP contribution in [-0.4, -0.2) is 46.7 Å². The smallest absolute Gasteiger partial charge is 0.250 e. The van der Waals surface area contributed by atoms with Crippen LogP contribution in [0.2, 0.25) is 5.02 Å². The van der Waals surface area contributed by atoms with Crippen molar-refractivity contribution in [3.63, 3.8) is 0 Å². The average Bonchev–Trinajstić information content (AvgIpc) is 3.28. The van der Waals surface area contributed by atoms with Crippen molar-refractivity contribution in [2.75, 3.05) is 24.7 Å². The Bertz CT molecular complexity index is 1270. The largest absolute Gasteiger partial charge is 0.378 e. The molecule has 172 valence electrons. The second-order valence-electron chi connectivity index (χ2n) is 7.55. The highest BCUT2D eigenvalue weighted by Gasteiger charge is 2.17. The second kappa shape index (κ2) is 11.0. The van der Waals surface area contributed by atoms with E-state index in [4.69, 9.17) is 11.6 Å².